The number of ether oxygens (including phenoxy) is 1. The van der Waals surface area contributed by atoms with Gasteiger partial charge in [-0.3, -0.25) is 0 Å². The van der Waals surface area contributed by atoms with Crippen LogP contribution in [0.1, 0.15) is 11.1 Å². The van der Waals surface area contributed by atoms with Crippen molar-refractivity contribution in [2.45, 2.75) is 18.9 Å². The van der Waals surface area contributed by atoms with Gasteiger partial charge in [0.1, 0.15) is 11.6 Å². The van der Waals surface area contributed by atoms with Crippen LogP contribution in [0.5, 0.6) is 5.75 Å². The third kappa shape index (κ3) is 3.44. The predicted octanol–water partition coefficient (Wildman–Crippen LogP) is 3.71. The minimum absolute atomic E-state index is 0.0490. The van der Waals surface area contributed by atoms with E-state index >= 15 is 0 Å². The Labute approximate surface area is 132 Å². The predicted molar refractivity (Wildman–Crippen MR) is 84.9 cm³/mol. The Hall–Kier alpha value is -1.39. The Bertz CT molecular complexity index is 626. The number of para-hydroxylation sites is 1. The number of hydrogen-bond acceptors (Lipinski definition) is 2. The Morgan fingerprint density at radius 3 is 2.90 bits per heavy atom. The van der Waals surface area contributed by atoms with Gasteiger partial charge in [-0.1, -0.05) is 34.1 Å². The van der Waals surface area contributed by atoms with Crippen molar-refractivity contribution in [3.63, 3.8) is 0 Å². The highest BCUT2D eigenvalue weighted by Gasteiger charge is 2.25. The summed E-state index contributed by atoms with van der Waals surface area (Å²) in [7, 11) is 0. The van der Waals surface area contributed by atoms with Gasteiger partial charge >= 0.3 is 0 Å². The zero-order valence-corrected chi connectivity index (χ0v) is 13.1. The van der Waals surface area contributed by atoms with Crippen molar-refractivity contribution in [2.75, 3.05) is 6.61 Å². The first kappa shape index (κ1) is 14.5. The highest BCUT2D eigenvalue weighted by Crippen LogP contribution is 2.29. The summed E-state index contributed by atoms with van der Waals surface area (Å²) in [5.74, 6) is 0.966. The van der Waals surface area contributed by atoms with Crippen molar-refractivity contribution in [1.82, 2.24) is 0 Å². The SMILES string of the molecule is NC(Cc1cc(F)cc(Br)c1)C1COc2ccccc2C1. The second-order valence-corrected chi connectivity index (χ2v) is 6.44. The molecule has 0 aromatic heterocycles. The summed E-state index contributed by atoms with van der Waals surface area (Å²) in [5.41, 5.74) is 8.43. The first-order valence-corrected chi connectivity index (χ1v) is 7.82. The number of hydrogen-bond donors (Lipinski definition) is 1. The molecule has 0 saturated heterocycles. The van der Waals surface area contributed by atoms with Crippen LogP contribution in [0, 0.1) is 11.7 Å². The molecule has 0 spiro atoms. The van der Waals surface area contributed by atoms with Gasteiger partial charge in [0, 0.05) is 16.4 Å². The van der Waals surface area contributed by atoms with Crippen LogP contribution in [0.3, 0.4) is 0 Å². The lowest BCUT2D eigenvalue weighted by Crippen LogP contribution is -2.39. The maximum absolute atomic E-state index is 13.4. The summed E-state index contributed by atoms with van der Waals surface area (Å²) in [6, 6.07) is 12.9. The molecule has 2 N–H and O–H groups in total. The molecular formula is C17H17BrFNO. The summed E-state index contributed by atoms with van der Waals surface area (Å²) in [5, 5.41) is 0. The van der Waals surface area contributed by atoms with Crippen LogP contribution < -0.4 is 10.5 Å². The molecule has 1 heterocycles. The van der Waals surface area contributed by atoms with Crippen LogP contribution in [0.2, 0.25) is 0 Å². The van der Waals surface area contributed by atoms with E-state index in [2.05, 4.69) is 22.0 Å². The molecule has 3 rings (SSSR count). The van der Waals surface area contributed by atoms with Gasteiger partial charge in [0.15, 0.2) is 0 Å². The van der Waals surface area contributed by atoms with Crippen molar-refractivity contribution in [3.05, 3.63) is 63.9 Å². The maximum atomic E-state index is 13.4. The number of halogens is 2. The van der Waals surface area contributed by atoms with E-state index in [4.69, 9.17) is 10.5 Å². The Balaban J connectivity index is 1.70. The fourth-order valence-electron chi connectivity index (χ4n) is 2.79. The van der Waals surface area contributed by atoms with E-state index in [0.717, 1.165) is 22.2 Å². The van der Waals surface area contributed by atoms with Crippen LogP contribution in [0.4, 0.5) is 4.39 Å². The fraction of sp³-hybridized carbons (Fsp3) is 0.294. The van der Waals surface area contributed by atoms with Gasteiger partial charge in [-0.2, -0.15) is 0 Å². The first-order chi connectivity index (χ1) is 10.1. The molecule has 2 nitrogen and oxygen atoms in total. The largest absolute Gasteiger partial charge is 0.493 e. The molecule has 0 bridgehead atoms. The molecule has 1 aliphatic rings. The fourth-order valence-corrected chi connectivity index (χ4v) is 3.31. The molecule has 21 heavy (non-hydrogen) atoms. The highest BCUT2D eigenvalue weighted by molar-refractivity contribution is 9.10. The first-order valence-electron chi connectivity index (χ1n) is 7.03. The third-order valence-electron chi connectivity index (χ3n) is 3.91. The van der Waals surface area contributed by atoms with Crippen molar-refractivity contribution >= 4 is 15.9 Å². The molecular weight excluding hydrogens is 333 g/mol. The monoisotopic (exact) mass is 349 g/mol. The van der Waals surface area contributed by atoms with Gasteiger partial charge in [0.05, 0.1) is 6.61 Å². The van der Waals surface area contributed by atoms with Crippen molar-refractivity contribution in [1.29, 1.82) is 0 Å². The van der Waals surface area contributed by atoms with Crippen LogP contribution >= 0.6 is 15.9 Å². The molecule has 2 aromatic carbocycles. The van der Waals surface area contributed by atoms with E-state index < -0.39 is 0 Å². The van der Waals surface area contributed by atoms with E-state index in [1.165, 1.54) is 11.6 Å². The number of nitrogens with two attached hydrogens (primary N) is 1. The van der Waals surface area contributed by atoms with Crippen molar-refractivity contribution < 1.29 is 9.13 Å². The molecule has 0 aliphatic carbocycles. The summed E-state index contributed by atoms with van der Waals surface area (Å²) in [6.45, 7) is 0.620. The second kappa shape index (κ2) is 6.16. The van der Waals surface area contributed by atoms with Gasteiger partial charge < -0.3 is 10.5 Å². The van der Waals surface area contributed by atoms with Crippen LogP contribution in [0.25, 0.3) is 0 Å². The molecule has 4 heteroatoms. The Kier molecular flexibility index (Phi) is 4.27. The average Bonchev–Trinajstić information content (AvgIpc) is 2.45. The van der Waals surface area contributed by atoms with Crippen molar-refractivity contribution in [2.24, 2.45) is 11.7 Å². The smallest absolute Gasteiger partial charge is 0.124 e. The maximum Gasteiger partial charge on any atom is 0.124 e. The highest BCUT2D eigenvalue weighted by atomic mass is 79.9. The Morgan fingerprint density at radius 2 is 2.10 bits per heavy atom. The van der Waals surface area contributed by atoms with Crippen LogP contribution in [0.15, 0.2) is 46.9 Å². The molecule has 110 valence electrons. The normalized spacial score (nSPS) is 18.7. The van der Waals surface area contributed by atoms with E-state index in [-0.39, 0.29) is 17.8 Å². The quantitative estimate of drug-likeness (QED) is 0.916. The van der Waals surface area contributed by atoms with E-state index in [1.807, 2.05) is 24.3 Å². The number of fused-ring (bicyclic) bond motifs is 1. The summed E-state index contributed by atoms with van der Waals surface area (Å²) in [4.78, 5) is 0. The second-order valence-electron chi connectivity index (χ2n) is 5.53. The molecule has 2 unspecified atom stereocenters. The average molecular weight is 350 g/mol. The third-order valence-corrected chi connectivity index (χ3v) is 4.36. The van der Waals surface area contributed by atoms with Crippen molar-refractivity contribution in [3.8, 4) is 5.75 Å². The van der Waals surface area contributed by atoms with E-state index in [9.17, 15) is 4.39 Å². The van der Waals surface area contributed by atoms with Gasteiger partial charge in [0.25, 0.3) is 0 Å². The number of rotatable bonds is 3. The molecule has 0 fully saturated rings. The summed E-state index contributed by atoms with van der Waals surface area (Å²) >= 11 is 3.31. The van der Waals surface area contributed by atoms with E-state index in [0.29, 0.717) is 13.0 Å². The van der Waals surface area contributed by atoms with E-state index in [1.54, 1.807) is 6.07 Å². The lowest BCUT2D eigenvalue weighted by Gasteiger charge is -2.29. The number of benzene rings is 2. The lowest BCUT2D eigenvalue weighted by atomic mass is 9.87. The zero-order chi connectivity index (χ0) is 14.8. The van der Waals surface area contributed by atoms with Gasteiger partial charge in [-0.05, 0) is 48.2 Å². The molecule has 2 atom stereocenters. The summed E-state index contributed by atoms with van der Waals surface area (Å²) < 4.78 is 19.9. The standard InChI is InChI=1S/C17H17BrFNO/c18-14-5-11(6-15(19)9-14)7-16(20)13-8-12-3-1-2-4-17(12)21-10-13/h1-6,9,13,16H,7-8,10,20H2. The molecule has 2 aromatic rings. The molecule has 0 amide bonds. The Morgan fingerprint density at radius 1 is 1.29 bits per heavy atom. The zero-order valence-electron chi connectivity index (χ0n) is 11.6. The van der Waals surface area contributed by atoms with Crippen LogP contribution in [-0.2, 0) is 12.8 Å². The minimum Gasteiger partial charge on any atom is -0.493 e. The molecule has 0 saturated carbocycles. The lowest BCUT2D eigenvalue weighted by molar-refractivity contribution is 0.199. The van der Waals surface area contributed by atoms with Gasteiger partial charge in [-0.15, -0.1) is 0 Å². The summed E-state index contributed by atoms with van der Waals surface area (Å²) in [6.07, 6.45) is 1.56. The topological polar surface area (TPSA) is 35.2 Å². The molecule has 0 radical (unpaired) electrons. The minimum atomic E-state index is -0.239. The molecule has 1 aliphatic heterocycles. The van der Waals surface area contributed by atoms with Gasteiger partial charge in [-0.25, -0.2) is 4.39 Å². The van der Waals surface area contributed by atoms with Crippen LogP contribution in [-0.4, -0.2) is 12.6 Å². The van der Waals surface area contributed by atoms with Gasteiger partial charge in [0.2, 0.25) is 0 Å².